The second-order valence-electron chi connectivity index (χ2n) is 6.65. The molecule has 1 fully saturated rings. The number of para-hydroxylation sites is 1. The molecule has 0 amide bonds. The molecule has 2 aromatic heterocycles. The zero-order valence-electron chi connectivity index (χ0n) is 14.2. The number of nitrogens with one attached hydrogen (secondary N) is 1. The summed E-state index contributed by atoms with van der Waals surface area (Å²) in [5.41, 5.74) is 1.82. The van der Waals surface area contributed by atoms with Crippen LogP contribution in [0.15, 0.2) is 47.5 Å². The van der Waals surface area contributed by atoms with Crippen molar-refractivity contribution < 1.29 is 0 Å². The Morgan fingerprint density at radius 1 is 1.04 bits per heavy atom. The molecule has 0 aliphatic heterocycles. The van der Waals surface area contributed by atoms with Gasteiger partial charge >= 0.3 is 0 Å². The zero-order valence-corrected chi connectivity index (χ0v) is 14.2. The van der Waals surface area contributed by atoms with Crippen LogP contribution in [0.2, 0.25) is 0 Å². The number of aryl methyl sites for hydroxylation is 1. The lowest BCUT2D eigenvalue weighted by Crippen LogP contribution is -2.33. The molecule has 0 radical (unpaired) electrons. The molecule has 1 aliphatic carbocycles. The van der Waals surface area contributed by atoms with Crippen LogP contribution in [0.4, 0.5) is 5.82 Å². The van der Waals surface area contributed by atoms with Crippen LogP contribution in [0, 0.1) is 6.92 Å². The maximum absolute atomic E-state index is 12.1. The number of nitrogens with zero attached hydrogens (tertiary/aromatic N) is 4. The normalized spacial score (nSPS) is 20.5. The standard InChI is InChI=1S/C19H21N5O/c1-13-6-11-18(25)24(23-13)15-9-7-14(8-10-15)22-19-16-4-2-3-5-17(16)20-12-21-19/h2-6,11-12,14-15H,7-10H2,1H3,(H,20,21,22). The van der Waals surface area contributed by atoms with Gasteiger partial charge in [0.15, 0.2) is 0 Å². The van der Waals surface area contributed by atoms with E-state index in [0.717, 1.165) is 48.1 Å². The maximum atomic E-state index is 12.1. The second kappa shape index (κ2) is 6.63. The number of rotatable bonds is 3. The Labute approximate surface area is 145 Å². The molecule has 6 nitrogen and oxygen atoms in total. The van der Waals surface area contributed by atoms with Gasteiger partial charge in [0.1, 0.15) is 12.1 Å². The highest BCUT2D eigenvalue weighted by Crippen LogP contribution is 2.29. The molecule has 25 heavy (non-hydrogen) atoms. The average Bonchev–Trinajstić information content (AvgIpc) is 2.65. The Balaban J connectivity index is 1.47. The van der Waals surface area contributed by atoms with Crippen LogP contribution in [-0.2, 0) is 0 Å². The molecular weight excluding hydrogens is 314 g/mol. The number of fused-ring (bicyclic) bond motifs is 1. The summed E-state index contributed by atoms with van der Waals surface area (Å²) < 4.78 is 1.66. The van der Waals surface area contributed by atoms with E-state index in [1.165, 1.54) is 0 Å². The van der Waals surface area contributed by atoms with Gasteiger partial charge in [0, 0.05) is 17.5 Å². The molecule has 1 saturated carbocycles. The van der Waals surface area contributed by atoms with Crippen molar-refractivity contribution in [2.45, 2.75) is 44.7 Å². The molecule has 1 aliphatic rings. The van der Waals surface area contributed by atoms with Gasteiger partial charge in [0.2, 0.25) is 0 Å². The van der Waals surface area contributed by atoms with E-state index in [1.54, 1.807) is 23.1 Å². The number of benzene rings is 1. The van der Waals surface area contributed by atoms with Crippen molar-refractivity contribution in [2.24, 2.45) is 0 Å². The van der Waals surface area contributed by atoms with Gasteiger partial charge in [0.25, 0.3) is 5.56 Å². The molecule has 1 aromatic carbocycles. The van der Waals surface area contributed by atoms with E-state index in [-0.39, 0.29) is 11.6 Å². The van der Waals surface area contributed by atoms with E-state index in [0.29, 0.717) is 6.04 Å². The van der Waals surface area contributed by atoms with Gasteiger partial charge in [-0.3, -0.25) is 4.79 Å². The summed E-state index contributed by atoms with van der Waals surface area (Å²) in [5.74, 6) is 0.889. The molecule has 6 heteroatoms. The van der Waals surface area contributed by atoms with Crippen LogP contribution in [0.3, 0.4) is 0 Å². The van der Waals surface area contributed by atoms with Gasteiger partial charge < -0.3 is 5.32 Å². The van der Waals surface area contributed by atoms with E-state index in [2.05, 4.69) is 20.4 Å². The Kier molecular flexibility index (Phi) is 4.17. The molecule has 2 heterocycles. The van der Waals surface area contributed by atoms with Gasteiger partial charge in [-0.05, 0) is 50.8 Å². The monoisotopic (exact) mass is 335 g/mol. The maximum Gasteiger partial charge on any atom is 0.267 e. The lowest BCUT2D eigenvalue weighted by Gasteiger charge is -2.30. The van der Waals surface area contributed by atoms with E-state index in [1.807, 2.05) is 31.2 Å². The smallest absolute Gasteiger partial charge is 0.267 e. The third-order valence-corrected chi connectivity index (χ3v) is 4.88. The van der Waals surface area contributed by atoms with Gasteiger partial charge in [-0.15, -0.1) is 0 Å². The van der Waals surface area contributed by atoms with Crippen LogP contribution < -0.4 is 10.9 Å². The van der Waals surface area contributed by atoms with Gasteiger partial charge in [-0.25, -0.2) is 14.6 Å². The minimum Gasteiger partial charge on any atom is -0.367 e. The molecule has 0 unspecified atom stereocenters. The van der Waals surface area contributed by atoms with E-state index in [4.69, 9.17) is 0 Å². The van der Waals surface area contributed by atoms with E-state index < -0.39 is 0 Å². The topological polar surface area (TPSA) is 72.7 Å². The first-order valence-electron chi connectivity index (χ1n) is 8.73. The summed E-state index contributed by atoms with van der Waals surface area (Å²) in [4.78, 5) is 20.8. The summed E-state index contributed by atoms with van der Waals surface area (Å²) in [7, 11) is 0. The molecule has 0 bridgehead atoms. The number of aromatic nitrogens is 4. The van der Waals surface area contributed by atoms with Crippen LogP contribution in [0.1, 0.15) is 37.4 Å². The zero-order chi connectivity index (χ0) is 17.2. The predicted octanol–water partition coefficient (Wildman–Crippen LogP) is 3.09. The Morgan fingerprint density at radius 3 is 2.68 bits per heavy atom. The molecule has 4 rings (SSSR count). The van der Waals surface area contributed by atoms with Crippen LogP contribution in [0.5, 0.6) is 0 Å². The second-order valence-corrected chi connectivity index (χ2v) is 6.65. The molecule has 3 aromatic rings. The molecule has 1 N–H and O–H groups in total. The largest absolute Gasteiger partial charge is 0.367 e. The fourth-order valence-corrected chi connectivity index (χ4v) is 3.56. The molecule has 128 valence electrons. The number of hydrogen-bond donors (Lipinski definition) is 1. The molecular formula is C19H21N5O. The predicted molar refractivity (Wildman–Crippen MR) is 97.7 cm³/mol. The van der Waals surface area contributed by atoms with Crippen LogP contribution in [0.25, 0.3) is 10.9 Å². The third-order valence-electron chi connectivity index (χ3n) is 4.88. The first-order chi connectivity index (χ1) is 12.2. The lowest BCUT2D eigenvalue weighted by atomic mass is 9.91. The van der Waals surface area contributed by atoms with Crippen molar-refractivity contribution >= 4 is 16.7 Å². The lowest BCUT2D eigenvalue weighted by molar-refractivity contribution is 0.302. The minimum absolute atomic E-state index is 0.0104. The Bertz CT molecular complexity index is 938. The van der Waals surface area contributed by atoms with Crippen molar-refractivity contribution in [3.8, 4) is 0 Å². The van der Waals surface area contributed by atoms with E-state index >= 15 is 0 Å². The van der Waals surface area contributed by atoms with E-state index in [9.17, 15) is 4.79 Å². The molecule has 0 spiro atoms. The Hall–Kier alpha value is -2.76. The fraction of sp³-hybridized carbons (Fsp3) is 0.368. The molecule has 0 atom stereocenters. The summed E-state index contributed by atoms with van der Waals surface area (Å²) in [5, 5.41) is 9.02. The highest BCUT2D eigenvalue weighted by molar-refractivity contribution is 5.88. The van der Waals surface area contributed by atoms with Crippen LogP contribution in [-0.4, -0.2) is 25.8 Å². The highest BCUT2D eigenvalue weighted by atomic mass is 16.1. The summed E-state index contributed by atoms with van der Waals surface area (Å²) in [6.45, 7) is 1.92. The van der Waals surface area contributed by atoms with Crippen molar-refractivity contribution in [2.75, 3.05) is 5.32 Å². The minimum atomic E-state index is -0.0104. The summed E-state index contributed by atoms with van der Waals surface area (Å²) >= 11 is 0. The molecule has 0 saturated heterocycles. The first kappa shape index (κ1) is 15.7. The van der Waals surface area contributed by atoms with Crippen molar-refractivity contribution in [3.05, 3.63) is 58.8 Å². The third kappa shape index (κ3) is 3.24. The highest BCUT2D eigenvalue weighted by Gasteiger charge is 2.24. The summed E-state index contributed by atoms with van der Waals surface area (Å²) in [6.07, 6.45) is 5.47. The SMILES string of the molecule is Cc1ccc(=O)n(C2CCC(Nc3ncnc4ccccc34)CC2)n1. The average molecular weight is 335 g/mol. The number of anilines is 1. The summed E-state index contributed by atoms with van der Waals surface area (Å²) in [6, 6.07) is 11.9. The quantitative estimate of drug-likeness (QED) is 0.796. The van der Waals surface area contributed by atoms with Crippen molar-refractivity contribution in [3.63, 3.8) is 0 Å². The van der Waals surface area contributed by atoms with Crippen molar-refractivity contribution in [1.29, 1.82) is 0 Å². The van der Waals surface area contributed by atoms with Crippen molar-refractivity contribution in [1.82, 2.24) is 19.7 Å². The van der Waals surface area contributed by atoms with Gasteiger partial charge in [-0.2, -0.15) is 5.10 Å². The Morgan fingerprint density at radius 2 is 1.84 bits per heavy atom. The fourth-order valence-electron chi connectivity index (χ4n) is 3.56. The first-order valence-corrected chi connectivity index (χ1v) is 8.73. The number of hydrogen-bond acceptors (Lipinski definition) is 5. The van der Waals surface area contributed by atoms with Gasteiger partial charge in [0.05, 0.1) is 17.3 Å². The van der Waals surface area contributed by atoms with Gasteiger partial charge in [-0.1, -0.05) is 12.1 Å². The van der Waals surface area contributed by atoms with Crippen LogP contribution >= 0.6 is 0 Å².